The molecule has 0 heterocycles. The van der Waals surface area contributed by atoms with Crippen LogP contribution in [0.2, 0.25) is 0 Å². The van der Waals surface area contributed by atoms with Gasteiger partial charge in [0.2, 0.25) is 0 Å². The van der Waals surface area contributed by atoms with Gasteiger partial charge < -0.3 is 15.5 Å². The number of nitrogens with one attached hydrogen (secondary N) is 1. The second kappa shape index (κ2) is 5.83. The molecule has 3 nitrogen and oxygen atoms in total. The average molecular weight is 268 g/mol. The van der Waals surface area contributed by atoms with Crippen molar-refractivity contribution in [2.75, 3.05) is 0 Å². The Morgan fingerprint density at radius 2 is 2.29 bits per heavy atom. The van der Waals surface area contributed by atoms with Crippen LogP contribution in [0.1, 0.15) is 6.92 Å². The third-order valence-electron chi connectivity index (χ3n) is 0.213. The van der Waals surface area contributed by atoms with Crippen LogP contribution in [0.25, 0.3) is 5.73 Å². The fraction of sp³-hybridized carbons (Fsp3) is 0.333. The van der Waals surface area contributed by atoms with Crippen molar-refractivity contribution in [1.82, 2.24) is 0 Å². The van der Waals surface area contributed by atoms with Gasteiger partial charge in [0, 0.05) is 0 Å². The van der Waals surface area contributed by atoms with Gasteiger partial charge in [0.15, 0.2) is 0 Å². The summed E-state index contributed by atoms with van der Waals surface area (Å²) in [5.41, 5.74) is 6.47. The van der Waals surface area contributed by atoms with Crippen LogP contribution in [0.15, 0.2) is 4.99 Å². The molecule has 0 spiro atoms. The predicted molar refractivity (Wildman–Crippen MR) is 23.1 cm³/mol. The van der Waals surface area contributed by atoms with Crippen molar-refractivity contribution in [2.24, 2.45) is 4.99 Å². The minimum atomic E-state index is -0.00926. The maximum atomic E-state index is 9.18. The summed E-state index contributed by atoms with van der Waals surface area (Å²) in [5, 5.41) is 0. The Kier molecular flexibility index (Phi) is 8.28. The molecular formula is C3H4N2OW. The smallest absolute Gasteiger partial charge is 0.606 e. The maximum absolute atomic E-state index is 9.18. The first-order valence-corrected chi connectivity index (χ1v) is 1.40. The van der Waals surface area contributed by atoms with E-state index in [1.54, 1.807) is 0 Å². The molecule has 0 aliphatic rings. The molecule has 0 radical (unpaired) electrons. The monoisotopic (exact) mass is 268 g/mol. The quantitative estimate of drug-likeness (QED) is 0.388. The Morgan fingerprint density at radius 3 is 2.29 bits per heavy atom. The summed E-state index contributed by atoms with van der Waals surface area (Å²) >= 11 is 0. The molecule has 7 heavy (non-hydrogen) atoms. The number of amidine groups is 1. The predicted octanol–water partition coefficient (Wildman–Crippen LogP) is 0.522. The largest absolute Gasteiger partial charge is 2.00 e. The van der Waals surface area contributed by atoms with Crippen molar-refractivity contribution in [3.05, 3.63) is 5.73 Å². The van der Waals surface area contributed by atoms with E-state index in [-0.39, 0.29) is 26.9 Å². The van der Waals surface area contributed by atoms with E-state index in [4.69, 9.17) is 5.73 Å². The van der Waals surface area contributed by atoms with Crippen molar-refractivity contribution >= 4 is 12.2 Å². The summed E-state index contributed by atoms with van der Waals surface area (Å²) in [6.45, 7) is 1.41. The number of nitrogens with zero attached hydrogens (tertiary/aromatic N) is 1. The molecule has 0 atom stereocenters. The molecule has 4 heteroatoms. The Balaban J connectivity index is 0. The third-order valence-corrected chi connectivity index (χ3v) is 0.213. The first kappa shape index (κ1) is 9.95. The first-order chi connectivity index (χ1) is 2.77. The van der Waals surface area contributed by atoms with Crippen LogP contribution in [0.3, 0.4) is 0 Å². The molecule has 0 saturated carbocycles. The van der Waals surface area contributed by atoms with Crippen molar-refractivity contribution < 1.29 is 25.9 Å². The number of amides is 1. The molecule has 0 aliphatic heterocycles. The molecule has 0 saturated heterocycles. The van der Waals surface area contributed by atoms with Gasteiger partial charge >= 0.3 is 21.1 Å². The summed E-state index contributed by atoms with van der Waals surface area (Å²) in [4.78, 5) is 12.1. The molecule has 1 amide bonds. The van der Waals surface area contributed by atoms with Gasteiger partial charge in [0.25, 0.3) is 0 Å². The van der Waals surface area contributed by atoms with E-state index in [0.29, 0.717) is 0 Å². The van der Waals surface area contributed by atoms with Crippen molar-refractivity contribution in [1.29, 1.82) is 0 Å². The summed E-state index contributed by atoms with van der Waals surface area (Å²) < 4.78 is 0. The number of aliphatic imine (C=N–C) groups is 1. The zero-order valence-electron chi connectivity index (χ0n) is 3.76. The number of hydrogen-bond donors (Lipinski definition) is 0. The van der Waals surface area contributed by atoms with E-state index in [9.17, 15) is 4.79 Å². The van der Waals surface area contributed by atoms with E-state index in [1.165, 1.54) is 13.3 Å². The molecule has 0 aliphatic carbocycles. The Labute approximate surface area is 56.3 Å². The normalized spacial score (nSPS) is 9.57. The van der Waals surface area contributed by atoms with Gasteiger partial charge in [-0.05, 0) is 6.41 Å². The number of rotatable bonds is 1. The summed E-state index contributed by atoms with van der Waals surface area (Å²) in [6, 6.07) is 0. The van der Waals surface area contributed by atoms with Gasteiger partial charge in [0.1, 0.15) is 0 Å². The number of hydrogen-bond acceptors (Lipinski definition) is 1. The zero-order chi connectivity index (χ0) is 4.99. The van der Waals surface area contributed by atoms with Gasteiger partial charge in [0.05, 0.1) is 0 Å². The Bertz CT molecular complexity index is 77.0. The minimum Gasteiger partial charge on any atom is -0.606 e. The van der Waals surface area contributed by atoms with Crippen LogP contribution in [-0.4, -0.2) is 12.2 Å². The second-order valence-electron chi connectivity index (χ2n) is 0.789. The van der Waals surface area contributed by atoms with Gasteiger partial charge in [-0.3, -0.25) is 5.84 Å². The minimum absolute atomic E-state index is 0. The summed E-state index contributed by atoms with van der Waals surface area (Å²) in [6.07, 6.45) is 1.22. The molecule has 1 N–H and O–H groups in total. The van der Waals surface area contributed by atoms with E-state index in [2.05, 4.69) is 4.99 Å². The fourth-order valence-corrected chi connectivity index (χ4v) is 0.0685. The average Bonchev–Trinajstić information content (AvgIpc) is 1.35. The van der Waals surface area contributed by atoms with Gasteiger partial charge in [-0.15, -0.1) is 6.92 Å². The fourth-order valence-electron chi connectivity index (χ4n) is 0.0685. The Morgan fingerprint density at radius 1 is 1.86 bits per heavy atom. The maximum Gasteiger partial charge on any atom is 2.00 e. The van der Waals surface area contributed by atoms with Crippen LogP contribution in [-0.2, 0) is 25.9 Å². The van der Waals surface area contributed by atoms with Crippen LogP contribution in [0.5, 0.6) is 0 Å². The molecule has 0 aromatic heterocycles. The molecule has 0 fully saturated rings. The third kappa shape index (κ3) is 10.7. The van der Waals surface area contributed by atoms with Crippen molar-refractivity contribution in [3.8, 4) is 0 Å². The van der Waals surface area contributed by atoms with Crippen LogP contribution >= 0.6 is 0 Å². The van der Waals surface area contributed by atoms with E-state index < -0.39 is 0 Å². The summed E-state index contributed by atoms with van der Waals surface area (Å²) in [7, 11) is 0. The zero-order valence-corrected chi connectivity index (χ0v) is 6.70. The van der Waals surface area contributed by atoms with Crippen molar-refractivity contribution in [2.45, 2.75) is 6.92 Å². The molecule has 0 unspecified atom stereocenters. The van der Waals surface area contributed by atoms with Crippen LogP contribution in [0, 0.1) is 0 Å². The molecule has 38 valence electrons. The molecule has 0 bridgehead atoms. The molecule has 0 aromatic rings. The van der Waals surface area contributed by atoms with Crippen molar-refractivity contribution in [3.63, 3.8) is 0 Å². The van der Waals surface area contributed by atoms with E-state index in [0.717, 1.165) is 0 Å². The summed E-state index contributed by atoms with van der Waals surface area (Å²) in [5.74, 6) is -0.00926. The van der Waals surface area contributed by atoms with Crippen LogP contribution in [0.4, 0.5) is 0 Å². The van der Waals surface area contributed by atoms with Gasteiger partial charge in [-0.2, -0.15) is 0 Å². The molecule has 0 aromatic carbocycles. The van der Waals surface area contributed by atoms with Crippen LogP contribution < -0.4 is 0 Å². The second-order valence-corrected chi connectivity index (χ2v) is 0.789. The first-order valence-electron chi connectivity index (χ1n) is 1.40. The van der Waals surface area contributed by atoms with Gasteiger partial charge in [-0.1, -0.05) is 0 Å². The SMILES string of the molecule is CC([NH-])=N[C-]=O.[W+2]. The number of carbonyl (C=O) groups excluding carboxylic acids is 1. The molecule has 0 rings (SSSR count). The standard InChI is InChI=1S/C3H4N2O.W/c1-3(4)5-2-6;/h1H3,(H-,4,5,6);/q-2;+2. The molecular weight excluding hydrogens is 264 g/mol. The van der Waals surface area contributed by atoms with E-state index >= 15 is 0 Å². The van der Waals surface area contributed by atoms with Gasteiger partial charge in [-0.25, -0.2) is 0 Å². The topological polar surface area (TPSA) is 53.2 Å². The van der Waals surface area contributed by atoms with E-state index in [1.807, 2.05) is 0 Å². The Hall–Kier alpha value is -0.172.